The van der Waals surface area contributed by atoms with E-state index in [-0.39, 0.29) is 0 Å². The molecule has 0 unspecified atom stereocenters. The van der Waals surface area contributed by atoms with Gasteiger partial charge in [-0.1, -0.05) is 0 Å². The third-order valence-corrected chi connectivity index (χ3v) is 3.72. The molecule has 0 saturated carbocycles. The van der Waals surface area contributed by atoms with Crippen LogP contribution < -0.4 is 0 Å². The lowest BCUT2D eigenvalue weighted by molar-refractivity contribution is -0.0606. The van der Waals surface area contributed by atoms with Gasteiger partial charge in [0, 0.05) is 26.2 Å². The Kier molecular flexibility index (Phi) is 4.00. The number of hydrogen-bond acceptors (Lipinski definition) is 3. The third kappa shape index (κ3) is 3.44. The van der Waals surface area contributed by atoms with Gasteiger partial charge in [-0.2, -0.15) is 0 Å². The molecule has 3 heteroatoms. The lowest BCUT2D eigenvalue weighted by Gasteiger charge is -2.35. The molecule has 0 aliphatic carbocycles. The molecule has 0 aromatic rings. The van der Waals surface area contributed by atoms with E-state index in [4.69, 9.17) is 4.74 Å². The van der Waals surface area contributed by atoms with Crippen LogP contribution in [0.3, 0.4) is 0 Å². The largest absolute Gasteiger partial charge is 0.375 e. The molecule has 0 amide bonds. The Morgan fingerprint density at radius 2 is 1.07 bits per heavy atom. The number of nitrogens with zero attached hydrogens (tertiary/aromatic N) is 2. The molecule has 2 fully saturated rings. The van der Waals surface area contributed by atoms with E-state index in [0.29, 0.717) is 12.2 Å². The number of hydrogen-bond donors (Lipinski definition) is 0. The fourth-order valence-electron chi connectivity index (χ4n) is 2.51. The maximum Gasteiger partial charge on any atom is 0.0603 e. The molecule has 2 saturated heterocycles. The molecule has 0 atom stereocenters. The van der Waals surface area contributed by atoms with Gasteiger partial charge in [-0.15, -0.1) is 0 Å². The summed E-state index contributed by atoms with van der Waals surface area (Å²) in [7, 11) is 4.40. The van der Waals surface area contributed by atoms with Crippen LogP contribution in [0.5, 0.6) is 0 Å². The maximum absolute atomic E-state index is 6.18. The number of ether oxygens (including phenoxy) is 1. The summed E-state index contributed by atoms with van der Waals surface area (Å²) in [6, 6.07) is 0. The highest BCUT2D eigenvalue weighted by Gasteiger charge is 2.23. The Balaban J connectivity index is 1.68. The molecule has 88 valence electrons. The second-order valence-electron chi connectivity index (χ2n) is 5.14. The van der Waals surface area contributed by atoms with Crippen LogP contribution >= 0.6 is 0 Å². The van der Waals surface area contributed by atoms with Crippen LogP contribution in [0.25, 0.3) is 0 Å². The fourth-order valence-corrected chi connectivity index (χ4v) is 2.51. The van der Waals surface area contributed by atoms with Crippen molar-refractivity contribution in [3.05, 3.63) is 0 Å². The summed E-state index contributed by atoms with van der Waals surface area (Å²) in [6.07, 6.45) is 5.97. The molecule has 0 aromatic heterocycles. The Morgan fingerprint density at radius 1 is 0.733 bits per heavy atom. The minimum Gasteiger partial charge on any atom is -0.375 e. The zero-order valence-electron chi connectivity index (χ0n) is 10.1. The first-order valence-electron chi connectivity index (χ1n) is 6.26. The van der Waals surface area contributed by atoms with Gasteiger partial charge in [0.25, 0.3) is 0 Å². The fraction of sp³-hybridized carbons (Fsp3) is 1.00. The summed E-state index contributed by atoms with van der Waals surface area (Å²) < 4.78 is 6.18. The molecule has 2 heterocycles. The lowest BCUT2D eigenvalue weighted by Crippen LogP contribution is -2.40. The first-order chi connectivity index (χ1) is 7.24. The molecule has 0 aromatic carbocycles. The van der Waals surface area contributed by atoms with Crippen LogP contribution in [-0.2, 0) is 4.74 Å². The summed E-state index contributed by atoms with van der Waals surface area (Å²) in [4.78, 5) is 4.79. The van der Waals surface area contributed by atoms with Gasteiger partial charge in [0.15, 0.2) is 0 Å². The highest BCUT2D eigenvalue weighted by molar-refractivity contribution is 4.75. The average molecular weight is 212 g/mol. The molecule has 0 bridgehead atoms. The van der Waals surface area contributed by atoms with Crippen LogP contribution in [0.2, 0.25) is 0 Å². The standard InChI is InChI=1S/C12H24N2O/c1-13-7-3-11(4-8-13)15-12-5-9-14(2)10-6-12/h11-12H,3-10H2,1-2H3. The van der Waals surface area contributed by atoms with Crippen LogP contribution in [0.1, 0.15) is 25.7 Å². The molecule has 15 heavy (non-hydrogen) atoms. The van der Waals surface area contributed by atoms with E-state index in [0.717, 1.165) is 0 Å². The van der Waals surface area contributed by atoms with Crippen molar-refractivity contribution in [2.24, 2.45) is 0 Å². The van der Waals surface area contributed by atoms with Crippen LogP contribution in [0.4, 0.5) is 0 Å². The van der Waals surface area contributed by atoms with Crippen molar-refractivity contribution in [3.63, 3.8) is 0 Å². The van der Waals surface area contributed by atoms with Gasteiger partial charge in [-0.05, 0) is 39.8 Å². The van der Waals surface area contributed by atoms with E-state index in [9.17, 15) is 0 Å². The summed E-state index contributed by atoms with van der Waals surface area (Å²) >= 11 is 0. The predicted octanol–water partition coefficient (Wildman–Crippen LogP) is 1.19. The van der Waals surface area contributed by atoms with Gasteiger partial charge in [0.05, 0.1) is 12.2 Å². The number of likely N-dealkylation sites (tertiary alicyclic amines) is 2. The molecule has 0 spiro atoms. The number of rotatable bonds is 2. The smallest absolute Gasteiger partial charge is 0.0603 e. The van der Waals surface area contributed by atoms with Crippen molar-refractivity contribution in [3.8, 4) is 0 Å². The summed E-state index contributed by atoms with van der Waals surface area (Å²) in [5.74, 6) is 0. The van der Waals surface area contributed by atoms with Crippen molar-refractivity contribution in [1.82, 2.24) is 9.80 Å². The van der Waals surface area contributed by atoms with Crippen LogP contribution in [-0.4, -0.2) is 62.3 Å². The summed E-state index contributed by atoms with van der Waals surface area (Å²) in [5, 5.41) is 0. The molecule has 2 aliphatic heterocycles. The molecule has 2 aliphatic rings. The first kappa shape index (κ1) is 11.4. The predicted molar refractivity (Wildman–Crippen MR) is 62.1 cm³/mol. The van der Waals surface area contributed by atoms with Crippen LogP contribution in [0, 0.1) is 0 Å². The van der Waals surface area contributed by atoms with Gasteiger partial charge in [-0.25, -0.2) is 0 Å². The van der Waals surface area contributed by atoms with Gasteiger partial charge in [0.2, 0.25) is 0 Å². The lowest BCUT2D eigenvalue weighted by atomic mass is 10.1. The first-order valence-corrected chi connectivity index (χ1v) is 6.26. The summed E-state index contributed by atoms with van der Waals surface area (Å²) in [5.41, 5.74) is 0. The highest BCUT2D eigenvalue weighted by atomic mass is 16.5. The van der Waals surface area contributed by atoms with E-state index < -0.39 is 0 Å². The van der Waals surface area contributed by atoms with Gasteiger partial charge in [0.1, 0.15) is 0 Å². The molecular formula is C12H24N2O. The Hall–Kier alpha value is -0.120. The monoisotopic (exact) mass is 212 g/mol. The highest BCUT2D eigenvalue weighted by Crippen LogP contribution is 2.19. The molecule has 0 radical (unpaired) electrons. The molecule has 3 nitrogen and oxygen atoms in total. The normalized spacial score (nSPS) is 28.4. The topological polar surface area (TPSA) is 15.7 Å². The zero-order valence-corrected chi connectivity index (χ0v) is 10.1. The Bertz CT molecular complexity index is 162. The van der Waals surface area contributed by atoms with E-state index in [2.05, 4.69) is 23.9 Å². The number of piperidine rings is 2. The van der Waals surface area contributed by atoms with E-state index in [1.54, 1.807) is 0 Å². The second kappa shape index (κ2) is 5.28. The van der Waals surface area contributed by atoms with E-state index >= 15 is 0 Å². The van der Waals surface area contributed by atoms with Crippen molar-refractivity contribution >= 4 is 0 Å². The molecule has 0 N–H and O–H groups in total. The minimum atomic E-state index is 0.537. The SMILES string of the molecule is CN1CCC(OC2CCN(C)CC2)CC1. The van der Waals surface area contributed by atoms with E-state index in [1.165, 1.54) is 51.9 Å². The summed E-state index contributed by atoms with van der Waals surface area (Å²) in [6.45, 7) is 4.82. The second-order valence-corrected chi connectivity index (χ2v) is 5.14. The van der Waals surface area contributed by atoms with Gasteiger partial charge < -0.3 is 14.5 Å². The van der Waals surface area contributed by atoms with Crippen LogP contribution in [0.15, 0.2) is 0 Å². The van der Waals surface area contributed by atoms with Gasteiger partial charge in [-0.3, -0.25) is 0 Å². The molecule has 2 rings (SSSR count). The zero-order chi connectivity index (χ0) is 10.7. The Morgan fingerprint density at radius 3 is 1.40 bits per heavy atom. The van der Waals surface area contributed by atoms with Crippen molar-refractivity contribution in [1.29, 1.82) is 0 Å². The average Bonchev–Trinajstić information content (AvgIpc) is 2.25. The van der Waals surface area contributed by atoms with Crippen molar-refractivity contribution in [2.75, 3.05) is 40.3 Å². The van der Waals surface area contributed by atoms with Crippen molar-refractivity contribution in [2.45, 2.75) is 37.9 Å². The minimum absolute atomic E-state index is 0.537. The van der Waals surface area contributed by atoms with Crippen molar-refractivity contribution < 1.29 is 4.74 Å². The molecular weight excluding hydrogens is 188 g/mol. The van der Waals surface area contributed by atoms with Gasteiger partial charge >= 0.3 is 0 Å². The maximum atomic E-state index is 6.18. The third-order valence-electron chi connectivity index (χ3n) is 3.72. The Labute approximate surface area is 93.4 Å². The van der Waals surface area contributed by atoms with E-state index in [1.807, 2.05) is 0 Å². The quantitative estimate of drug-likeness (QED) is 0.684.